The minimum atomic E-state index is -1.13. The molecular weight excluding hydrogens is 487 g/mol. The second-order valence-corrected chi connectivity index (χ2v) is 8.31. The van der Waals surface area contributed by atoms with Crippen LogP contribution in [0.25, 0.3) is 0 Å². The largest absolute Gasteiger partial charge is 0.451 e. The number of primary amides is 1. The van der Waals surface area contributed by atoms with E-state index in [0.717, 1.165) is 0 Å². The normalized spacial score (nSPS) is 21.4. The molecule has 3 aromatic rings. The van der Waals surface area contributed by atoms with Gasteiger partial charge in [0.05, 0.1) is 17.7 Å². The van der Waals surface area contributed by atoms with Crippen molar-refractivity contribution >= 4 is 26.9 Å². The molecule has 1 fully saturated rings. The Morgan fingerprint density at radius 3 is 1.97 bits per heavy atom. The van der Waals surface area contributed by atoms with Gasteiger partial charge in [-0.15, -0.1) is 0 Å². The third-order valence-electron chi connectivity index (χ3n) is 5.50. The summed E-state index contributed by atoms with van der Waals surface area (Å²) < 4.78 is 24.4. The van der Waals surface area contributed by atoms with Crippen LogP contribution in [0.15, 0.2) is 85.2 Å². The molecule has 11 heteroatoms. The predicted molar refractivity (Wildman–Crippen MR) is 127 cm³/mol. The number of nitrogens with zero attached hydrogens (tertiary/aromatic N) is 1. The van der Waals surface area contributed by atoms with Crippen molar-refractivity contribution in [2.45, 2.75) is 24.5 Å². The van der Waals surface area contributed by atoms with Crippen LogP contribution in [0.5, 0.6) is 0 Å². The van der Waals surface area contributed by atoms with Gasteiger partial charge < -0.3 is 29.4 Å². The van der Waals surface area contributed by atoms with E-state index in [1.165, 1.54) is 16.8 Å². The van der Waals surface area contributed by atoms with Gasteiger partial charge in [-0.25, -0.2) is 9.59 Å². The maximum atomic E-state index is 13.0. The number of hydrogen-bond donors (Lipinski definition) is 2. The molecule has 2 aromatic carbocycles. The summed E-state index contributed by atoms with van der Waals surface area (Å²) in [5.74, 6) is -1.97. The molecule has 10 nitrogen and oxygen atoms in total. The lowest BCUT2D eigenvalue weighted by atomic mass is 10.1. The van der Waals surface area contributed by atoms with Crippen LogP contribution >= 0.6 is 9.03 Å². The Morgan fingerprint density at radius 1 is 0.861 bits per heavy atom. The molecule has 1 aliphatic rings. The van der Waals surface area contributed by atoms with Crippen LogP contribution in [-0.2, 0) is 18.7 Å². The molecule has 0 saturated carbocycles. The molecule has 4 rings (SSSR count). The van der Waals surface area contributed by atoms with E-state index in [0.29, 0.717) is 5.56 Å². The molecule has 0 bridgehead atoms. The Hall–Kier alpha value is -3.69. The number of rotatable bonds is 9. The minimum absolute atomic E-state index is 0.145. The number of esters is 2. The van der Waals surface area contributed by atoms with Gasteiger partial charge in [0.15, 0.2) is 27.5 Å². The molecule has 1 saturated heterocycles. The third kappa shape index (κ3) is 5.92. The molecule has 1 aliphatic heterocycles. The number of pyridine rings is 1. The van der Waals surface area contributed by atoms with E-state index in [4.69, 9.17) is 24.5 Å². The average molecular weight is 511 g/mol. The van der Waals surface area contributed by atoms with E-state index < -0.39 is 51.4 Å². The van der Waals surface area contributed by atoms with Crippen molar-refractivity contribution in [3.8, 4) is 0 Å². The van der Waals surface area contributed by atoms with Gasteiger partial charge in [0.2, 0.25) is 6.10 Å². The lowest BCUT2D eigenvalue weighted by Gasteiger charge is -2.22. The highest BCUT2D eigenvalue weighted by Gasteiger charge is 2.55. The fourth-order valence-electron chi connectivity index (χ4n) is 3.80. The second-order valence-electron chi connectivity index (χ2n) is 7.84. The van der Waals surface area contributed by atoms with Gasteiger partial charge in [0.1, 0.15) is 11.7 Å². The van der Waals surface area contributed by atoms with Crippen molar-refractivity contribution in [3.05, 3.63) is 102 Å². The lowest BCUT2D eigenvalue weighted by molar-refractivity contribution is -0.765. The topological polar surface area (TPSA) is 138 Å². The number of ether oxygens (including phenoxy) is 3. The van der Waals surface area contributed by atoms with E-state index in [1.54, 1.807) is 72.9 Å². The molecule has 0 radical (unpaired) electrons. The van der Waals surface area contributed by atoms with Crippen LogP contribution in [0, 0.1) is 0 Å². The molecule has 36 heavy (non-hydrogen) atoms. The van der Waals surface area contributed by atoms with E-state index >= 15 is 0 Å². The van der Waals surface area contributed by atoms with Crippen LogP contribution in [0.4, 0.5) is 0 Å². The SMILES string of the molecule is NC(=O)c1ccc[n+]([C@H]2O[C@@H](COPO)[C@H](OC(=O)c3ccccc3)[C@@H]2OC(=O)c2ccccc2)c1. The second kappa shape index (κ2) is 11.8. The van der Waals surface area contributed by atoms with Crippen LogP contribution in [0.2, 0.25) is 0 Å². The highest BCUT2D eigenvalue weighted by molar-refractivity contribution is 7.24. The summed E-state index contributed by atoms with van der Waals surface area (Å²) in [6.07, 6.45) is -1.08. The first kappa shape index (κ1) is 25.4. The van der Waals surface area contributed by atoms with Crippen molar-refractivity contribution in [1.82, 2.24) is 0 Å². The molecule has 1 unspecified atom stereocenters. The maximum Gasteiger partial charge on any atom is 0.338 e. The molecule has 1 amide bonds. The van der Waals surface area contributed by atoms with E-state index in [-0.39, 0.29) is 17.7 Å². The average Bonchev–Trinajstić information content (AvgIpc) is 3.24. The highest BCUT2D eigenvalue weighted by Crippen LogP contribution is 2.33. The predicted octanol–water partition coefficient (Wildman–Crippen LogP) is 1.94. The van der Waals surface area contributed by atoms with Crippen LogP contribution in [0.1, 0.15) is 37.3 Å². The Kier molecular flexibility index (Phi) is 8.35. The number of hydrogen-bond acceptors (Lipinski definition) is 8. The standard InChI is InChI=1S/C25H23N2O8P/c26-22(28)18-12-7-13-27(14-18)23-21(35-25(30)17-10-5-2-6-11-17)20(19(33-23)15-32-36-31)34-24(29)16-8-3-1-4-9-16/h1-14,19-21,23,31,36H,15H2,(H-,26,28)/p+1/t19-,20-,21-,23-/m0/s1. The van der Waals surface area contributed by atoms with E-state index in [2.05, 4.69) is 0 Å². The highest BCUT2D eigenvalue weighted by atomic mass is 31.1. The minimum Gasteiger partial charge on any atom is -0.451 e. The summed E-state index contributed by atoms with van der Waals surface area (Å²) in [6, 6.07) is 19.8. The number of carbonyl (C=O) groups is 3. The Morgan fingerprint density at radius 2 is 1.42 bits per heavy atom. The Labute approximate surface area is 208 Å². The van der Waals surface area contributed by atoms with Crippen LogP contribution < -0.4 is 10.3 Å². The summed E-state index contributed by atoms with van der Waals surface area (Å²) in [5, 5.41) is 0. The van der Waals surface area contributed by atoms with Crippen molar-refractivity contribution in [1.29, 1.82) is 0 Å². The summed E-state index contributed by atoms with van der Waals surface area (Å²) in [4.78, 5) is 46.9. The Balaban J connectivity index is 1.70. The fraction of sp³-hybridized carbons (Fsp3) is 0.200. The van der Waals surface area contributed by atoms with Gasteiger partial charge in [0.25, 0.3) is 5.91 Å². The lowest BCUT2D eigenvalue weighted by Crippen LogP contribution is -2.49. The van der Waals surface area contributed by atoms with Crippen LogP contribution in [-0.4, -0.2) is 47.7 Å². The fourth-order valence-corrected chi connectivity index (χ4v) is 4.04. The first-order chi connectivity index (χ1) is 17.5. The van der Waals surface area contributed by atoms with Crippen molar-refractivity contribution in [3.63, 3.8) is 0 Å². The molecule has 3 N–H and O–H groups in total. The van der Waals surface area contributed by atoms with E-state index in [1.807, 2.05) is 0 Å². The van der Waals surface area contributed by atoms with Gasteiger partial charge in [0, 0.05) is 6.07 Å². The van der Waals surface area contributed by atoms with Crippen molar-refractivity contribution < 1.29 is 42.6 Å². The van der Waals surface area contributed by atoms with Gasteiger partial charge in [-0.05, 0) is 30.3 Å². The molecular formula is C25H24N2O8P+. The number of aromatic nitrogens is 1. The monoisotopic (exact) mass is 511 g/mol. The smallest absolute Gasteiger partial charge is 0.338 e. The molecule has 186 valence electrons. The first-order valence-electron chi connectivity index (χ1n) is 11.0. The van der Waals surface area contributed by atoms with Gasteiger partial charge >= 0.3 is 18.2 Å². The zero-order chi connectivity index (χ0) is 25.5. The summed E-state index contributed by atoms with van der Waals surface area (Å²) >= 11 is 0. The molecule has 5 atom stereocenters. The quantitative estimate of drug-likeness (QED) is 0.253. The summed E-state index contributed by atoms with van der Waals surface area (Å²) in [7, 11) is -0.834. The third-order valence-corrected chi connectivity index (χ3v) is 5.80. The molecule has 1 aromatic heterocycles. The molecule has 0 aliphatic carbocycles. The maximum absolute atomic E-state index is 13.0. The van der Waals surface area contributed by atoms with E-state index in [9.17, 15) is 19.3 Å². The zero-order valence-corrected chi connectivity index (χ0v) is 19.9. The summed E-state index contributed by atoms with van der Waals surface area (Å²) in [6.45, 7) is -0.145. The van der Waals surface area contributed by atoms with Crippen molar-refractivity contribution in [2.75, 3.05) is 6.61 Å². The Bertz CT molecular complexity index is 1210. The van der Waals surface area contributed by atoms with Gasteiger partial charge in [-0.2, -0.15) is 4.57 Å². The number of nitrogens with two attached hydrogens (primary N) is 1. The molecule has 0 spiro atoms. The summed E-state index contributed by atoms with van der Waals surface area (Å²) in [5.41, 5.74) is 6.21. The van der Waals surface area contributed by atoms with Crippen LogP contribution in [0.3, 0.4) is 0 Å². The molecule has 2 heterocycles. The number of benzene rings is 2. The zero-order valence-electron chi connectivity index (χ0n) is 18.9. The number of carbonyl (C=O) groups excluding carboxylic acids is 3. The van der Waals surface area contributed by atoms with Crippen molar-refractivity contribution in [2.24, 2.45) is 5.73 Å². The van der Waals surface area contributed by atoms with Gasteiger partial charge in [-0.3, -0.25) is 4.79 Å². The number of amides is 1. The van der Waals surface area contributed by atoms with Gasteiger partial charge in [-0.1, -0.05) is 36.4 Å². The first-order valence-corrected chi connectivity index (χ1v) is 11.8.